The normalized spacial score (nSPS) is 16.6. The molecule has 1 fully saturated rings. The molecule has 2 rings (SSSR count). The number of carbonyl (C=O) groups excluding carboxylic acids is 1. The van der Waals surface area contributed by atoms with Gasteiger partial charge >= 0.3 is 0 Å². The summed E-state index contributed by atoms with van der Waals surface area (Å²) in [5.41, 5.74) is 6.36. The van der Waals surface area contributed by atoms with Gasteiger partial charge in [-0.05, 0) is 32.0 Å². The van der Waals surface area contributed by atoms with Crippen LogP contribution in [0.1, 0.15) is 32.3 Å². The lowest BCUT2D eigenvalue weighted by Crippen LogP contribution is -2.56. The van der Waals surface area contributed by atoms with Crippen molar-refractivity contribution in [1.29, 1.82) is 0 Å². The van der Waals surface area contributed by atoms with Gasteiger partial charge in [0.2, 0.25) is 5.91 Å². The molecule has 0 atom stereocenters. The van der Waals surface area contributed by atoms with E-state index in [9.17, 15) is 4.79 Å². The highest BCUT2D eigenvalue weighted by Crippen LogP contribution is 2.20. The van der Waals surface area contributed by atoms with Crippen LogP contribution >= 0.6 is 0 Å². The second-order valence-corrected chi connectivity index (χ2v) is 6.43. The van der Waals surface area contributed by atoms with Crippen LogP contribution < -0.4 is 15.8 Å². The van der Waals surface area contributed by atoms with Crippen molar-refractivity contribution in [2.45, 2.75) is 38.8 Å². The first kappa shape index (κ1) is 19.7. The highest BCUT2D eigenvalue weighted by Gasteiger charge is 2.35. The number of carbonyl (C=O) groups is 1. The van der Waals surface area contributed by atoms with Crippen molar-refractivity contribution in [2.24, 2.45) is 5.73 Å². The molecule has 0 aromatic heterocycles. The van der Waals surface area contributed by atoms with Crippen molar-refractivity contribution in [2.75, 3.05) is 39.5 Å². The van der Waals surface area contributed by atoms with E-state index in [1.807, 2.05) is 24.3 Å². The van der Waals surface area contributed by atoms with E-state index in [2.05, 4.69) is 24.1 Å². The molecule has 6 nitrogen and oxygen atoms in total. The second-order valence-electron chi connectivity index (χ2n) is 6.43. The zero-order valence-electron chi connectivity index (χ0n) is 15.4. The summed E-state index contributed by atoms with van der Waals surface area (Å²) in [6, 6.07) is 7.81. The van der Waals surface area contributed by atoms with Crippen LogP contribution in [-0.4, -0.2) is 55.8 Å². The lowest BCUT2D eigenvalue weighted by molar-refractivity contribution is -0.129. The van der Waals surface area contributed by atoms with E-state index < -0.39 is 5.54 Å². The molecule has 0 aliphatic carbocycles. The molecule has 1 aliphatic heterocycles. The van der Waals surface area contributed by atoms with Crippen LogP contribution in [0.25, 0.3) is 0 Å². The fourth-order valence-corrected chi connectivity index (χ4v) is 2.93. The minimum Gasteiger partial charge on any atom is -0.492 e. The number of likely N-dealkylation sites (N-methyl/N-ethyl adjacent to an activating group) is 1. The first-order valence-corrected chi connectivity index (χ1v) is 9.17. The zero-order chi connectivity index (χ0) is 18.1. The largest absolute Gasteiger partial charge is 0.492 e. The molecular weight excluding hydrogens is 318 g/mol. The number of nitrogens with one attached hydrogen (secondary N) is 1. The van der Waals surface area contributed by atoms with Crippen molar-refractivity contribution in [3.63, 3.8) is 0 Å². The van der Waals surface area contributed by atoms with E-state index in [1.165, 1.54) is 0 Å². The third kappa shape index (κ3) is 5.70. The molecule has 0 spiro atoms. The van der Waals surface area contributed by atoms with Crippen LogP contribution in [0.15, 0.2) is 24.3 Å². The van der Waals surface area contributed by atoms with E-state index in [4.69, 9.17) is 15.2 Å². The minimum absolute atomic E-state index is 0.117. The van der Waals surface area contributed by atoms with Crippen LogP contribution in [-0.2, 0) is 16.1 Å². The summed E-state index contributed by atoms with van der Waals surface area (Å²) in [5, 5.41) is 2.96. The Morgan fingerprint density at radius 1 is 1.28 bits per heavy atom. The summed E-state index contributed by atoms with van der Waals surface area (Å²) >= 11 is 0. The highest BCUT2D eigenvalue weighted by molar-refractivity contribution is 5.86. The van der Waals surface area contributed by atoms with Gasteiger partial charge in [-0.15, -0.1) is 0 Å². The number of para-hydroxylation sites is 1. The van der Waals surface area contributed by atoms with E-state index in [0.717, 1.165) is 30.9 Å². The average molecular weight is 349 g/mol. The van der Waals surface area contributed by atoms with Crippen molar-refractivity contribution < 1.29 is 14.3 Å². The predicted octanol–water partition coefficient (Wildman–Crippen LogP) is 1.53. The van der Waals surface area contributed by atoms with Gasteiger partial charge in [0.15, 0.2) is 0 Å². The Morgan fingerprint density at radius 2 is 1.96 bits per heavy atom. The molecule has 1 amide bonds. The summed E-state index contributed by atoms with van der Waals surface area (Å²) < 4.78 is 11.2. The third-order valence-electron chi connectivity index (χ3n) is 4.81. The Hall–Kier alpha value is -1.63. The monoisotopic (exact) mass is 349 g/mol. The quantitative estimate of drug-likeness (QED) is 0.707. The summed E-state index contributed by atoms with van der Waals surface area (Å²) in [4.78, 5) is 14.8. The third-order valence-corrected chi connectivity index (χ3v) is 4.81. The number of hydrogen-bond acceptors (Lipinski definition) is 5. The van der Waals surface area contributed by atoms with E-state index in [-0.39, 0.29) is 5.91 Å². The summed E-state index contributed by atoms with van der Waals surface area (Å²) in [7, 11) is 0. The standard InChI is InChI=1S/C19H31N3O3/c1-3-22(4-2)11-14-25-17-8-6-5-7-16(17)15-21-18(23)19(20)9-12-24-13-10-19/h5-8H,3-4,9-15,20H2,1-2H3,(H,21,23). The molecule has 0 radical (unpaired) electrons. The number of amides is 1. The van der Waals surface area contributed by atoms with Gasteiger partial charge in [0.25, 0.3) is 0 Å². The number of hydrogen-bond donors (Lipinski definition) is 2. The first-order valence-electron chi connectivity index (χ1n) is 9.17. The van der Waals surface area contributed by atoms with Crippen LogP contribution in [0.3, 0.4) is 0 Å². The SMILES string of the molecule is CCN(CC)CCOc1ccccc1CNC(=O)C1(N)CCOCC1. The topological polar surface area (TPSA) is 76.8 Å². The number of ether oxygens (including phenoxy) is 2. The maximum atomic E-state index is 12.4. The molecule has 1 aromatic rings. The van der Waals surface area contributed by atoms with Gasteiger partial charge in [-0.25, -0.2) is 0 Å². The van der Waals surface area contributed by atoms with Gasteiger partial charge in [0, 0.05) is 31.9 Å². The Kier molecular flexibility index (Phi) is 7.68. The average Bonchev–Trinajstić information content (AvgIpc) is 2.64. The zero-order valence-corrected chi connectivity index (χ0v) is 15.4. The number of benzene rings is 1. The summed E-state index contributed by atoms with van der Waals surface area (Å²) in [6.07, 6.45) is 1.11. The van der Waals surface area contributed by atoms with Gasteiger partial charge in [0.1, 0.15) is 12.4 Å². The van der Waals surface area contributed by atoms with E-state index in [0.29, 0.717) is 39.2 Å². The van der Waals surface area contributed by atoms with Crippen molar-refractivity contribution in [3.05, 3.63) is 29.8 Å². The van der Waals surface area contributed by atoms with Crippen molar-refractivity contribution >= 4 is 5.91 Å². The van der Waals surface area contributed by atoms with Crippen molar-refractivity contribution in [3.8, 4) is 5.75 Å². The molecule has 0 saturated carbocycles. The van der Waals surface area contributed by atoms with E-state index in [1.54, 1.807) is 0 Å². The number of nitrogens with zero attached hydrogens (tertiary/aromatic N) is 1. The van der Waals surface area contributed by atoms with Crippen molar-refractivity contribution in [1.82, 2.24) is 10.2 Å². The Bertz CT molecular complexity index is 540. The Labute approximate surface area is 150 Å². The summed E-state index contributed by atoms with van der Waals surface area (Å²) in [6.45, 7) is 9.33. The molecule has 1 heterocycles. The van der Waals surface area contributed by atoms with Gasteiger partial charge in [-0.2, -0.15) is 0 Å². The fourth-order valence-electron chi connectivity index (χ4n) is 2.93. The van der Waals surface area contributed by atoms with Crippen LogP contribution in [0.4, 0.5) is 0 Å². The van der Waals surface area contributed by atoms with Crippen LogP contribution in [0.2, 0.25) is 0 Å². The number of nitrogens with two attached hydrogens (primary N) is 1. The molecule has 3 N–H and O–H groups in total. The van der Waals surface area contributed by atoms with E-state index >= 15 is 0 Å². The Morgan fingerprint density at radius 3 is 2.64 bits per heavy atom. The summed E-state index contributed by atoms with van der Waals surface area (Å²) in [5.74, 6) is 0.696. The molecule has 6 heteroatoms. The molecule has 1 aromatic carbocycles. The predicted molar refractivity (Wildman–Crippen MR) is 98.5 cm³/mol. The van der Waals surface area contributed by atoms with Gasteiger partial charge < -0.3 is 25.4 Å². The lowest BCUT2D eigenvalue weighted by Gasteiger charge is -2.31. The first-order chi connectivity index (χ1) is 12.1. The molecule has 0 bridgehead atoms. The molecule has 25 heavy (non-hydrogen) atoms. The molecular formula is C19H31N3O3. The molecule has 1 saturated heterocycles. The highest BCUT2D eigenvalue weighted by atomic mass is 16.5. The van der Waals surface area contributed by atoms with Crippen LogP contribution in [0, 0.1) is 0 Å². The van der Waals surface area contributed by atoms with Gasteiger partial charge in [-0.1, -0.05) is 32.0 Å². The molecule has 1 aliphatic rings. The second kappa shape index (κ2) is 9.75. The molecule has 0 unspecified atom stereocenters. The van der Waals surface area contributed by atoms with Gasteiger partial charge in [0.05, 0.1) is 5.54 Å². The van der Waals surface area contributed by atoms with Crippen LogP contribution in [0.5, 0.6) is 5.75 Å². The fraction of sp³-hybridized carbons (Fsp3) is 0.632. The maximum absolute atomic E-state index is 12.4. The lowest BCUT2D eigenvalue weighted by atomic mass is 9.90. The maximum Gasteiger partial charge on any atom is 0.240 e. The smallest absolute Gasteiger partial charge is 0.240 e. The van der Waals surface area contributed by atoms with Gasteiger partial charge in [-0.3, -0.25) is 4.79 Å². The number of rotatable bonds is 9. The molecule has 140 valence electrons. The minimum atomic E-state index is -0.823. The Balaban J connectivity index is 1.88.